The van der Waals surface area contributed by atoms with E-state index >= 15 is 0 Å². The van der Waals surface area contributed by atoms with Gasteiger partial charge in [0.15, 0.2) is 0 Å². The first-order valence-corrected chi connectivity index (χ1v) is 11.1. The van der Waals surface area contributed by atoms with Gasteiger partial charge in [0.05, 0.1) is 10.5 Å². The smallest absolute Gasteiger partial charge is 0.335 e. The number of hydrogen-bond donors (Lipinski definition) is 3. The van der Waals surface area contributed by atoms with Crippen molar-refractivity contribution in [2.45, 2.75) is 23.6 Å². The summed E-state index contributed by atoms with van der Waals surface area (Å²) in [5.74, 6) is -1.08. The number of benzene rings is 1. The van der Waals surface area contributed by atoms with Crippen LogP contribution in [-0.2, 0) is 20.0 Å². The Kier molecular flexibility index (Phi) is 6.72. The molecule has 3 N–H and O–H groups in total. The lowest BCUT2D eigenvalue weighted by Gasteiger charge is -2.18. The third kappa shape index (κ3) is 4.84. The molecule has 0 saturated carbocycles. The molecule has 2 rings (SSSR count). The first-order chi connectivity index (χ1) is 13.1. The minimum atomic E-state index is -3.98. The van der Waals surface area contributed by atoms with Crippen LogP contribution in [0.25, 0.3) is 0 Å². The number of carboxylic acid groups (broad SMARTS) is 1. The molecule has 0 fully saturated rings. The maximum absolute atomic E-state index is 12.4. The van der Waals surface area contributed by atoms with Crippen LogP contribution in [0.4, 0.5) is 5.82 Å². The van der Waals surface area contributed by atoms with Gasteiger partial charge >= 0.3 is 5.97 Å². The molecule has 28 heavy (non-hydrogen) atoms. The number of nitrogens with one attached hydrogen (secondary N) is 2. The number of hydrogen-bond acceptors (Lipinski definition) is 7. The zero-order valence-electron chi connectivity index (χ0n) is 15.2. The Morgan fingerprint density at radius 3 is 2.04 bits per heavy atom. The second-order valence-corrected chi connectivity index (χ2v) is 9.15. The molecule has 0 spiro atoms. The number of aromatic carboxylic acids is 1. The van der Waals surface area contributed by atoms with Gasteiger partial charge in [-0.2, -0.15) is 4.31 Å². The van der Waals surface area contributed by atoms with E-state index in [1.54, 1.807) is 13.8 Å². The van der Waals surface area contributed by atoms with Crippen LogP contribution in [0.15, 0.2) is 52.4 Å². The maximum Gasteiger partial charge on any atom is 0.335 e. The number of sulfonamides is 2. The first kappa shape index (κ1) is 21.8. The Bertz CT molecular complexity index is 1030. The Morgan fingerprint density at radius 2 is 1.57 bits per heavy atom. The fourth-order valence-electron chi connectivity index (χ4n) is 2.27. The fraction of sp³-hybridized carbons (Fsp3) is 0.250. The zero-order valence-corrected chi connectivity index (χ0v) is 16.8. The van der Waals surface area contributed by atoms with Gasteiger partial charge in [-0.1, -0.05) is 13.8 Å². The Morgan fingerprint density at radius 1 is 1.00 bits per heavy atom. The molecule has 2 aromatic rings. The number of carbonyl (C=O) groups is 1. The van der Waals surface area contributed by atoms with Crippen molar-refractivity contribution in [3.05, 3.63) is 48.2 Å². The lowest BCUT2D eigenvalue weighted by Crippen LogP contribution is -2.31. The lowest BCUT2D eigenvalue weighted by atomic mass is 10.2. The quantitative estimate of drug-likeness (QED) is 0.504. The molecule has 0 aliphatic rings. The Hall–Kier alpha value is -2.54. The van der Waals surface area contributed by atoms with Gasteiger partial charge in [0, 0.05) is 19.3 Å². The largest absolute Gasteiger partial charge is 0.478 e. The summed E-state index contributed by atoms with van der Waals surface area (Å²) in [6, 6.07) is 7.29. The van der Waals surface area contributed by atoms with Gasteiger partial charge in [-0.3, -0.25) is 5.43 Å². The third-order valence-electron chi connectivity index (χ3n) is 3.80. The van der Waals surface area contributed by atoms with E-state index in [0.717, 1.165) is 18.3 Å². The standard InChI is InChI=1S/C16H20N4O6S2/c1-3-20(4-2)28(25,26)14-9-10-15(17-11-14)18-19-27(23,24)13-7-5-12(6-8-13)16(21)22/h5-11,19H,3-4H2,1-2H3,(H,17,18)(H,21,22). The van der Waals surface area contributed by atoms with Crippen molar-refractivity contribution in [1.29, 1.82) is 0 Å². The van der Waals surface area contributed by atoms with Crippen LogP contribution in [-0.4, -0.2) is 50.3 Å². The van der Waals surface area contributed by atoms with E-state index in [0.29, 0.717) is 13.1 Å². The average molecular weight is 428 g/mol. The van der Waals surface area contributed by atoms with Gasteiger partial charge in [-0.15, -0.1) is 4.83 Å². The summed E-state index contributed by atoms with van der Waals surface area (Å²) in [4.78, 5) is 16.7. The summed E-state index contributed by atoms with van der Waals surface area (Å²) in [5.41, 5.74) is 2.34. The number of nitrogens with zero attached hydrogens (tertiary/aromatic N) is 2. The van der Waals surface area contributed by atoms with Crippen LogP contribution in [0.1, 0.15) is 24.2 Å². The van der Waals surface area contributed by atoms with E-state index in [-0.39, 0.29) is 21.2 Å². The molecule has 0 atom stereocenters. The van der Waals surface area contributed by atoms with Crippen LogP contribution in [0.3, 0.4) is 0 Å². The summed E-state index contributed by atoms with van der Waals surface area (Å²) < 4.78 is 50.5. The number of aromatic nitrogens is 1. The number of carboxylic acids is 1. The van der Waals surface area contributed by atoms with Crippen molar-refractivity contribution in [3.63, 3.8) is 0 Å². The monoisotopic (exact) mass is 428 g/mol. The molecule has 12 heteroatoms. The summed E-state index contributed by atoms with van der Waals surface area (Å²) in [7, 11) is -7.64. The van der Waals surface area contributed by atoms with Crippen molar-refractivity contribution in [1.82, 2.24) is 14.1 Å². The molecule has 0 amide bonds. The predicted octanol–water partition coefficient (Wildman–Crippen LogP) is 1.12. The minimum absolute atomic E-state index is 0.00568. The summed E-state index contributed by atoms with van der Waals surface area (Å²) in [6.07, 6.45) is 1.13. The van der Waals surface area contributed by atoms with Crippen molar-refractivity contribution in [2.75, 3.05) is 18.5 Å². The highest BCUT2D eigenvalue weighted by Gasteiger charge is 2.22. The number of pyridine rings is 1. The Labute approximate surface area is 163 Å². The summed E-state index contributed by atoms with van der Waals surface area (Å²) >= 11 is 0. The highest BCUT2D eigenvalue weighted by molar-refractivity contribution is 7.89. The number of anilines is 1. The van der Waals surface area contributed by atoms with E-state index in [2.05, 4.69) is 15.2 Å². The molecular weight excluding hydrogens is 408 g/mol. The zero-order chi connectivity index (χ0) is 20.9. The van der Waals surface area contributed by atoms with Crippen molar-refractivity contribution in [3.8, 4) is 0 Å². The van der Waals surface area contributed by atoms with Crippen molar-refractivity contribution >= 4 is 31.8 Å². The van der Waals surface area contributed by atoms with Crippen molar-refractivity contribution in [2.24, 2.45) is 0 Å². The van der Waals surface area contributed by atoms with Gasteiger partial charge < -0.3 is 5.11 Å². The molecule has 0 radical (unpaired) electrons. The SMILES string of the molecule is CCN(CC)S(=O)(=O)c1ccc(NNS(=O)(=O)c2ccc(C(=O)O)cc2)nc1. The van der Waals surface area contributed by atoms with Gasteiger partial charge in [-0.25, -0.2) is 26.6 Å². The molecule has 1 heterocycles. The fourth-order valence-corrected chi connectivity index (χ4v) is 4.53. The van der Waals surface area contributed by atoms with Crippen LogP contribution in [0.5, 0.6) is 0 Å². The van der Waals surface area contributed by atoms with Gasteiger partial charge in [0.1, 0.15) is 10.7 Å². The van der Waals surface area contributed by atoms with Gasteiger partial charge in [0.2, 0.25) is 10.0 Å². The number of hydrazine groups is 1. The molecular formula is C16H20N4O6S2. The number of rotatable bonds is 9. The van der Waals surface area contributed by atoms with Crippen LogP contribution >= 0.6 is 0 Å². The second-order valence-electron chi connectivity index (χ2n) is 5.53. The van der Waals surface area contributed by atoms with Crippen LogP contribution < -0.4 is 10.3 Å². The summed E-state index contributed by atoms with van der Waals surface area (Å²) in [6.45, 7) is 4.09. The highest BCUT2D eigenvalue weighted by Crippen LogP contribution is 2.16. The maximum atomic E-state index is 12.4. The molecule has 0 aliphatic carbocycles. The van der Waals surface area contributed by atoms with Crippen LogP contribution in [0, 0.1) is 0 Å². The molecule has 0 saturated heterocycles. The summed E-state index contributed by atoms with van der Waals surface area (Å²) in [5, 5.41) is 8.84. The first-order valence-electron chi connectivity index (χ1n) is 8.19. The molecule has 1 aromatic carbocycles. The van der Waals surface area contributed by atoms with E-state index in [4.69, 9.17) is 5.11 Å². The van der Waals surface area contributed by atoms with Crippen LogP contribution in [0.2, 0.25) is 0 Å². The molecule has 0 aliphatic heterocycles. The Balaban J connectivity index is 2.11. The van der Waals surface area contributed by atoms with E-state index in [1.165, 1.54) is 28.6 Å². The molecule has 1 aromatic heterocycles. The van der Waals surface area contributed by atoms with Gasteiger partial charge in [0.25, 0.3) is 10.0 Å². The van der Waals surface area contributed by atoms with E-state index < -0.39 is 26.0 Å². The molecule has 10 nitrogen and oxygen atoms in total. The second kappa shape index (κ2) is 8.65. The normalized spacial score (nSPS) is 12.1. The molecule has 0 unspecified atom stereocenters. The lowest BCUT2D eigenvalue weighted by molar-refractivity contribution is 0.0696. The predicted molar refractivity (Wildman–Crippen MR) is 102 cm³/mol. The van der Waals surface area contributed by atoms with Crippen molar-refractivity contribution < 1.29 is 26.7 Å². The van der Waals surface area contributed by atoms with E-state index in [1.807, 2.05) is 0 Å². The highest BCUT2D eigenvalue weighted by atomic mass is 32.2. The third-order valence-corrected chi connectivity index (χ3v) is 7.10. The topological polar surface area (TPSA) is 146 Å². The molecule has 152 valence electrons. The van der Waals surface area contributed by atoms with E-state index in [9.17, 15) is 21.6 Å². The average Bonchev–Trinajstić information content (AvgIpc) is 2.67. The minimum Gasteiger partial charge on any atom is -0.478 e. The molecule has 0 bridgehead atoms. The van der Waals surface area contributed by atoms with Gasteiger partial charge in [-0.05, 0) is 36.4 Å².